The van der Waals surface area contributed by atoms with E-state index in [-0.39, 0.29) is 11.1 Å². The molecule has 4 aromatic heterocycles. The lowest BCUT2D eigenvalue weighted by Gasteiger charge is -2.23. The topological polar surface area (TPSA) is 145 Å². The maximum Gasteiger partial charge on any atom is 0.264 e. The Kier molecular flexibility index (Phi) is 15.3. The van der Waals surface area contributed by atoms with Crippen LogP contribution in [0.2, 0.25) is 0 Å². The molecule has 10 heteroatoms. The van der Waals surface area contributed by atoms with Crippen molar-refractivity contribution >= 4 is 115 Å². The molecule has 10 nitrogen and oxygen atoms in total. The summed E-state index contributed by atoms with van der Waals surface area (Å²) < 4.78 is 3.70. The number of nitrogens with two attached hydrogens (primary N) is 2. The Hall–Kier alpha value is -6.52. The van der Waals surface area contributed by atoms with Crippen LogP contribution in [0.15, 0.2) is 70.3 Å². The van der Waals surface area contributed by atoms with Crippen molar-refractivity contribution < 1.29 is 0 Å². The van der Waals surface area contributed by atoms with Gasteiger partial charge in [0.1, 0.15) is 11.3 Å². The van der Waals surface area contributed by atoms with Gasteiger partial charge in [0.2, 0.25) is 0 Å². The summed E-state index contributed by atoms with van der Waals surface area (Å²) >= 11 is 0. The van der Waals surface area contributed by atoms with Gasteiger partial charge < -0.3 is 22.1 Å². The monoisotopic (exact) mass is 1020 g/mol. The summed E-state index contributed by atoms with van der Waals surface area (Å²) in [7, 11) is 0. The number of nitrogens with zero attached hydrogens (tertiary/aromatic N) is 4. The fraction of sp³-hybridized carbons (Fsp3) is 0.455. The molecule has 7 aromatic carbocycles. The molecule has 0 saturated carbocycles. The van der Waals surface area contributed by atoms with E-state index < -0.39 is 0 Å². The lowest BCUT2D eigenvalue weighted by molar-refractivity contribution is 0.556. The number of rotatable bonds is 28. The molecule has 0 aliphatic rings. The highest BCUT2D eigenvalue weighted by atomic mass is 16.1. The number of imidazole rings is 2. The minimum absolute atomic E-state index is 0.0590. The number of aryl methyl sites for hydroxylation is 3. The van der Waals surface area contributed by atoms with Gasteiger partial charge in [-0.15, -0.1) is 0 Å². The predicted octanol–water partition coefficient (Wildman–Crippen LogP) is 16.3. The number of hydrogen-bond acceptors (Lipinski definition) is 8. The summed E-state index contributed by atoms with van der Waals surface area (Å²) in [6.45, 7) is 10.6. The Labute approximate surface area is 447 Å². The van der Waals surface area contributed by atoms with Crippen LogP contribution in [-0.4, -0.2) is 38.4 Å². The van der Waals surface area contributed by atoms with Gasteiger partial charge in [0.05, 0.1) is 32.8 Å². The first-order valence-corrected chi connectivity index (χ1v) is 29.7. The fourth-order valence-electron chi connectivity index (χ4n) is 13.1. The summed E-state index contributed by atoms with van der Waals surface area (Å²) in [5.41, 5.74) is 23.5. The van der Waals surface area contributed by atoms with Crippen molar-refractivity contribution in [2.75, 3.05) is 36.0 Å². The summed E-state index contributed by atoms with van der Waals surface area (Å²) in [5.74, 6) is 0. The van der Waals surface area contributed by atoms with Gasteiger partial charge in [-0.3, -0.25) is 18.4 Å². The lowest BCUT2D eigenvalue weighted by Crippen LogP contribution is -2.17. The van der Waals surface area contributed by atoms with Gasteiger partial charge in [-0.1, -0.05) is 148 Å². The van der Waals surface area contributed by atoms with E-state index >= 15 is 9.59 Å². The molecule has 396 valence electrons. The first-order valence-electron chi connectivity index (χ1n) is 29.7. The van der Waals surface area contributed by atoms with Gasteiger partial charge in [-0.25, -0.2) is 9.97 Å². The molecule has 0 aliphatic heterocycles. The molecular weight excluding hydrogens is 937 g/mol. The molecule has 0 amide bonds. The number of fused-ring (bicyclic) bond motifs is 10. The summed E-state index contributed by atoms with van der Waals surface area (Å²) in [4.78, 5) is 41.2. The van der Waals surface area contributed by atoms with Crippen LogP contribution in [0.4, 0.5) is 17.1 Å². The maximum atomic E-state index is 15.4. The average Bonchev–Trinajstić information content (AvgIpc) is 3.79. The van der Waals surface area contributed by atoms with Crippen LogP contribution in [0.3, 0.4) is 0 Å². The van der Waals surface area contributed by atoms with Gasteiger partial charge in [0, 0.05) is 79.8 Å². The molecule has 6 N–H and O–H groups in total. The van der Waals surface area contributed by atoms with Crippen molar-refractivity contribution in [2.24, 2.45) is 5.73 Å². The molecule has 0 aliphatic carbocycles. The smallest absolute Gasteiger partial charge is 0.264 e. The summed E-state index contributed by atoms with van der Waals surface area (Å²) in [6, 6.07) is 21.4. The Balaban J connectivity index is 1.03. The minimum Gasteiger partial charge on any atom is -0.398 e. The molecule has 0 bridgehead atoms. The first kappa shape index (κ1) is 51.6. The third kappa shape index (κ3) is 9.26. The highest BCUT2D eigenvalue weighted by Gasteiger charge is 2.28. The Morgan fingerprint density at radius 1 is 0.447 bits per heavy atom. The number of nitrogens with one attached hydrogen (secondary N) is 2. The number of anilines is 3. The normalized spacial score (nSPS) is 12.5. The van der Waals surface area contributed by atoms with Crippen LogP contribution in [0, 0.1) is 6.92 Å². The van der Waals surface area contributed by atoms with E-state index in [0.29, 0.717) is 35.2 Å². The second-order valence-corrected chi connectivity index (χ2v) is 22.5. The molecule has 0 saturated heterocycles. The van der Waals surface area contributed by atoms with Crippen molar-refractivity contribution in [1.82, 2.24) is 18.8 Å². The van der Waals surface area contributed by atoms with E-state index in [0.717, 1.165) is 137 Å². The number of aromatic nitrogens is 4. The standard InChI is InChI=1S/C66H80N8O2/c1-5-8-10-12-14-16-18-20-22-24-26-42-36-55-51(35-41(42)4)71-63-46-30-29-45-60-54(70-34-32-67)39-49-58-47(31-28-44(62(58)60)59-53(69-33-7-3)38-48(57(46)61(45)59)65(75)73(55)63)64-72-52-40-50(68)43(37-56(52)74(64)66(49)76)27-25-23-21-19-17-15-13-11-9-6-2/h28-31,35-40,69-70H,5-27,32-34,67-68H2,1-4H3. The highest BCUT2D eigenvalue weighted by Crippen LogP contribution is 2.50. The van der Waals surface area contributed by atoms with E-state index in [9.17, 15) is 0 Å². The van der Waals surface area contributed by atoms with Crippen LogP contribution >= 0.6 is 0 Å². The zero-order chi connectivity index (χ0) is 52.5. The lowest BCUT2D eigenvalue weighted by atomic mass is 9.84. The van der Waals surface area contributed by atoms with Gasteiger partial charge in [-0.2, -0.15) is 0 Å². The summed E-state index contributed by atoms with van der Waals surface area (Å²) in [5, 5.41) is 18.5. The van der Waals surface area contributed by atoms with Crippen molar-refractivity contribution in [3.05, 3.63) is 98.1 Å². The fourth-order valence-corrected chi connectivity index (χ4v) is 13.1. The van der Waals surface area contributed by atoms with Crippen LogP contribution < -0.4 is 33.2 Å². The van der Waals surface area contributed by atoms with Crippen LogP contribution in [0.25, 0.3) is 98.0 Å². The zero-order valence-corrected chi connectivity index (χ0v) is 45.9. The van der Waals surface area contributed by atoms with E-state index in [4.69, 9.17) is 21.4 Å². The van der Waals surface area contributed by atoms with Crippen molar-refractivity contribution in [2.45, 2.75) is 175 Å². The largest absolute Gasteiger partial charge is 0.398 e. The van der Waals surface area contributed by atoms with Crippen LogP contribution in [0.1, 0.15) is 172 Å². The predicted molar refractivity (Wildman–Crippen MR) is 327 cm³/mol. The second-order valence-electron chi connectivity index (χ2n) is 22.5. The van der Waals surface area contributed by atoms with Gasteiger partial charge >= 0.3 is 0 Å². The molecule has 0 unspecified atom stereocenters. The SMILES string of the molecule is CCCCCCCCCCCCc1cc2c(cc1C)nc1c3ccc4c5c(NCCN)cc6c(=O)n7c8cc(CCCCCCCCCCCC)c(N)cc8nc7c7ccc(c8c(NCCC)cc(c(=O)n21)c3c48)c5c67. The molecule has 4 heterocycles. The minimum atomic E-state index is -0.106. The van der Waals surface area contributed by atoms with Crippen molar-refractivity contribution in [3.8, 4) is 0 Å². The van der Waals surface area contributed by atoms with Crippen LogP contribution in [0.5, 0.6) is 0 Å². The third-order valence-corrected chi connectivity index (χ3v) is 17.1. The molecule has 0 fully saturated rings. The average molecular weight is 1020 g/mol. The van der Waals surface area contributed by atoms with Crippen LogP contribution in [-0.2, 0) is 12.8 Å². The Bertz CT molecular complexity index is 3730. The second kappa shape index (κ2) is 22.6. The van der Waals surface area contributed by atoms with Crippen molar-refractivity contribution in [1.29, 1.82) is 0 Å². The molecule has 0 spiro atoms. The van der Waals surface area contributed by atoms with E-state index in [1.54, 1.807) is 0 Å². The molecule has 0 radical (unpaired) electrons. The maximum absolute atomic E-state index is 15.4. The number of pyridine rings is 2. The van der Waals surface area contributed by atoms with E-state index in [1.807, 2.05) is 20.9 Å². The highest BCUT2D eigenvalue weighted by molar-refractivity contribution is 6.44. The third-order valence-electron chi connectivity index (χ3n) is 17.1. The Morgan fingerprint density at radius 3 is 1.34 bits per heavy atom. The zero-order valence-electron chi connectivity index (χ0n) is 45.9. The number of nitrogen functional groups attached to an aromatic ring is 1. The van der Waals surface area contributed by atoms with Gasteiger partial charge in [0.15, 0.2) is 0 Å². The van der Waals surface area contributed by atoms with Gasteiger partial charge in [-0.05, 0) is 115 Å². The van der Waals surface area contributed by atoms with E-state index in [2.05, 4.69) is 86.9 Å². The first-order chi connectivity index (χ1) is 37.3. The number of benzene rings is 7. The molecule has 11 aromatic rings. The van der Waals surface area contributed by atoms with Crippen molar-refractivity contribution in [3.63, 3.8) is 0 Å². The molecule has 76 heavy (non-hydrogen) atoms. The van der Waals surface area contributed by atoms with E-state index in [1.165, 1.54) is 127 Å². The molecule has 0 atom stereocenters. The number of unbranched alkanes of at least 4 members (excludes halogenated alkanes) is 18. The van der Waals surface area contributed by atoms with Gasteiger partial charge in [0.25, 0.3) is 11.1 Å². The number of hydrogen-bond donors (Lipinski definition) is 4. The molecular formula is C66H80N8O2. The quantitative estimate of drug-likeness (QED) is 0.0164. The molecule has 11 rings (SSSR count). The summed E-state index contributed by atoms with van der Waals surface area (Å²) in [6.07, 6.45) is 28.5. The Morgan fingerprint density at radius 2 is 0.868 bits per heavy atom.